The molecule has 0 saturated heterocycles. The number of hydrogen-bond donors (Lipinski definition) is 2. The summed E-state index contributed by atoms with van der Waals surface area (Å²) in [6, 6.07) is 7.87. The van der Waals surface area contributed by atoms with Crippen LogP contribution in [0.1, 0.15) is 18.4 Å². The van der Waals surface area contributed by atoms with E-state index in [0.29, 0.717) is 29.7 Å². The molecule has 0 amide bonds. The van der Waals surface area contributed by atoms with E-state index in [4.69, 9.17) is 18.9 Å². The van der Waals surface area contributed by atoms with Crippen molar-refractivity contribution in [2.24, 2.45) is 0 Å². The lowest BCUT2D eigenvalue weighted by atomic mass is 10.1. The molecule has 0 aliphatic carbocycles. The highest BCUT2D eigenvalue weighted by Gasteiger charge is 2.22. The van der Waals surface area contributed by atoms with Crippen LogP contribution in [0.25, 0.3) is 10.9 Å². The molecule has 2 aliphatic rings. The molecule has 3 heterocycles. The smallest absolute Gasteiger partial charge is 0.231 e. The fraction of sp³-hybridized carbons (Fsp3) is 0.364. The molecule has 3 aromatic rings. The predicted octanol–water partition coefficient (Wildman–Crippen LogP) is 3.42. The normalized spacial score (nSPS) is 16.2. The Bertz CT molecular complexity index is 1070. The third kappa shape index (κ3) is 3.54. The van der Waals surface area contributed by atoms with Crippen LogP contribution in [0.3, 0.4) is 0 Å². The quantitative estimate of drug-likeness (QED) is 0.634. The van der Waals surface area contributed by atoms with E-state index in [1.165, 1.54) is 0 Å². The zero-order valence-corrected chi connectivity index (χ0v) is 16.9. The van der Waals surface area contributed by atoms with Gasteiger partial charge in [-0.25, -0.2) is 9.97 Å². The standard InChI is InChI=1S/C22H24N4O4/c1-27-18-11-16-15-10-19(18)28-9-3-2-7-23-8-6-14-4-5-17-21(30-13-29-17)20(14)26-22(15)25-12-24-16/h4-5,10-12,23H,2-3,6-9,13H2,1H3,(H,24,25,26). The molecule has 0 radical (unpaired) electrons. The van der Waals surface area contributed by atoms with Crippen LogP contribution in [0.15, 0.2) is 30.6 Å². The fourth-order valence-electron chi connectivity index (χ4n) is 3.80. The molecule has 0 atom stereocenters. The topological polar surface area (TPSA) is 86.8 Å². The molecule has 0 unspecified atom stereocenters. The van der Waals surface area contributed by atoms with Crippen LogP contribution >= 0.6 is 0 Å². The summed E-state index contributed by atoms with van der Waals surface area (Å²) in [5.41, 5.74) is 2.78. The van der Waals surface area contributed by atoms with Gasteiger partial charge in [-0.2, -0.15) is 0 Å². The number of nitrogens with one attached hydrogen (secondary N) is 2. The van der Waals surface area contributed by atoms with Gasteiger partial charge in [-0.05, 0) is 50.0 Å². The van der Waals surface area contributed by atoms with E-state index in [9.17, 15) is 0 Å². The Balaban J connectivity index is 1.64. The maximum absolute atomic E-state index is 6.03. The third-order valence-corrected chi connectivity index (χ3v) is 5.37. The lowest BCUT2D eigenvalue weighted by Crippen LogP contribution is -2.19. The molecule has 30 heavy (non-hydrogen) atoms. The molecule has 0 spiro atoms. The van der Waals surface area contributed by atoms with Gasteiger partial charge in [-0.3, -0.25) is 0 Å². The average molecular weight is 408 g/mol. The molecule has 5 rings (SSSR count). The molecule has 2 aliphatic heterocycles. The predicted molar refractivity (Wildman–Crippen MR) is 113 cm³/mol. The number of rotatable bonds is 1. The van der Waals surface area contributed by atoms with Crippen molar-refractivity contribution in [2.75, 3.05) is 38.9 Å². The van der Waals surface area contributed by atoms with Gasteiger partial charge in [-0.1, -0.05) is 6.07 Å². The van der Waals surface area contributed by atoms with Crippen LogP contribution in [0.5, 0.6) is 23.0 Å². The second kappa shape index (κ2) is 8.23. The van der Waals surface area contributed by atoms with Crippen LogP contribution in [0.2, 0.25) is 0 Å². The fourth-order valence-corrected chi connectivity index (χ4v) is 3.80. The minimum atomic E-state index is 0.214. The maximum atomic E-state index is 6.03. The molecule has 0 saturated carbocycles. The molecule has 2 aromatic carbocycles. The highest BCUT2D eigenvalue weighted by molar-refractivity contribution is 5.94. The second-order valence-corrected chi connectivity index (χ2v) is 7.26. The maximum Gasteiger partial charge on any atom is 0.231 e. The van der Waals surface area contributed by atoms with Gasteiger partial charge in [0, 0.05) is 11.5 Å². The van der Waals surface area contributed by atoms with E-state index >= 15 is 0 Å². The number of hydrogen-bond acceptors (Lipinski definition) is 8. The van der Waals surface area contributed by atoms with Crippen LogP contribution in [-0.4, -0.2) is 43.6 Å². The Morgan fingerprint density at radius 3 is 2.90 bits per heavy atom. The van der Waals surface area contributed by atoms with Gasteiger partial charge in [0.05, 0.1) is 24.9 Å². The van der Waals surface area contributed by atoms with Crippen molar-refractivity contribution in [2.45, 2.75) is 19.3 Å². The number of fused-ring (bicyclic) bond motifs is 4. The summed E-state index contributed by atoms with van der Waals surface area (Å²) in [6.45, 7) is 2.65. The van der Waals surface area contributed by atoms with E-state index in [2.05, 4.69) is 26.7 Å². The SMILES string of the molecule is COc1cc2ncnc3c2cc1OCCCCNCCc1ccc2c(c1N3)OCO2. The molecule has 1 aromatic heterocycles. The number of benzene rings is 2. The van der Waals surface area contributed by atoms with Crippen molar-refractivity contribution < 1.29 is 18.9 Å². The van der Waals surface area contributed by atoms with Crippen LogP contribution in [-0.2, 0) is 6.42 Å². The Hall–Kier alpha value is -3.26. The van der Waals surface area contributed by atoms with Crippen molar-refractivity contribution in [3.63, 3.8) is 0 Å². The first-order valence-electron chi connectivity index (χ1n) is 10.2. The van der Waals surface area contributed by atoms with E-state index in [0.717, 1.165) is 60.3 Å². The van der Waals surface area contributed by atoms with Gasteiger partial charge >= 0.3 is 0 Å². The summed E-state index contributed by atoms with van der Waals surface area (Å²) < 4.78 is 22.9. The van der Waals surface area contributed by atoms with E-state index in [1.807, 2.05) is 18.2 Å². The number of anilines is 2. The van der Waals surface area contributed by atoms with E-state index in [-0.39, 0.29) is 6.79 Å². The number of ether oxygens (including phenoxy) is 4. The summed E-state index contributed by atoms with van der Waals surface area (Å²) in [4.78, 5) is 8.93. The van der Waals surface area contributed by atoms with Crippen molar-refractivity contribution in [1.82, 2.24) is 15.3 Å². The lowest BCUT2D eigenvalue weighted by molar-refractivity contribution is 0.174. The first kappa shape index (κ1) is 18.7. The summed E-state index contributed by atoms with van der Waals surface area (Å²) in [5.74, 6) is 3.47. The first-order chi connectivity index (χ1) is 14.8. The van der Waals surface area contributed by atoms with E-state index < -0.39 is 0 Å². The minimum absolute atomic E-state index is 0.214. The van der Waals surface area contributed by atoms with Gasteiger partial charge in [0.2, 0.25) is 6.79 Å². The number of methoxy groups -OCH3 is 1. The Kier molecular flexibility index (Phi) is 5.15. The average Bonchev–Trinajstić information content (AvgIpc) is 3.25. The van der Waals surface area contributed by atoms with Gasteiger partial charge in [-0.15, -0.1) is 0 Å². The van der Waals surface area contributed by atoms with E-state index in [1.54, 1.807) is 13.4 Å². The molecule has 2 N–H and O–H groups in total. The molecule has 0 fully saturated rings. The van der Waals surface area contributed by atoms with Gasteiger partial charge in [0.15, 0.2) is 23.0 Å². The van der Waals surface area contributed by atoms with Gasteiger partial charge < -0.3 is 29.6 Å². The number of nitrogens with zero attached hydrogens (tertiary/aromatic N) is 2. The van der Waals surface area contributed by atoms with Crippen LogP contribution in [0, 0.1) is 0 Å². The van der Waals surface area contributed by atoms with Crippen molar-refractivity contribution >= 4 is 22.4 Å². The highest BCUT2D eigenvalue weighted by Crippen LogP contribution is 2.44. The molecular weight excluding hydrogens is 384 g/mol. The summed E-state index contributed by atoms with van der Waals surface area (Å²) in [7, 11) is 1.64. The lowest BCUT2D eigenvalue weighted by Gasteiger charge is -2.16. The zero-order valence-electron chi connectivity index (χ0n) is 16.9. The molecule has 8 nitrogen and oxygen atoms in total. The molecule has 8 heteroatoms. The van der Waals surface area contributed by atoms with Crippen molar-refractivity contribution in [3.05, 3.63) is 36.2 Å². The Morgan fingerprint density at radius 2 is 1.97 bits per heavy atom. The van der Waals surface area contributed by atoms with Crippen molar-refractivity contribution in [3.8, 4) is 23.0 Å². The highest BCUT2D eigenvalue weighted by atomic mass is 16.7. The zero-order chi connectivity index (χ0) is 20.3. The Labute approximate surface area is 174 Å². The first-order valence-corrected chi connectivity index (χ1v) is 10.2. The largest absolute Gasteiger partial charge is 0.493 e. The van der Waals surface area contributed by atoms with Crippen molar-refractivity contribution in [1.29, 1.82) is 0 Å². The Morgan fingerprint density at radius 1 is 1.00 bits per heavy atom. The third-order valence-electron chi connectivity index (χ3n) is 5.37. The summed E-state index contributed by atoms with van der Waals surface area (Å²) in [5, 5.41) is 7.84. The molecular formula is C22H24N4O4. The monoisotopic (exact) mass is 408 g/mol. The van der Waals surface area contributed by atoms with Gasteiger partial charge in [0.1, 0.15) is 12.1 Å². The summed E-state index contributed by atoms with van der Waals surface area (Å²) in [6.07, 6.45) is 4.40. The minimum Gasteiger partial charge on any atom is -0.493 e. The van der Waals surface area contributed by atoms with Crippen LogP contribution in [0.4, 0.5) is 11.5 Å². The second-order valence-electron chi connectivity index (χ2n) is 7.26. The van der Waals surface area contributed by atoms with Gasteiger partial charge in [0.25, 0.3) is 0 Å². The molecule has 156 valence electrons. The number of aromatic nitrogens is 2. The molecule has 2 bridgehead atoms. The summed E-state index contributed by atoms with van der Waals surface area (Å²) >= 11 is 0. The van der Waals surface area contributed by atoms with Crippen LogP contribution < -0.4 is 29.6 Å².